The largest absolute Gasteiger partial charge is 0.461 e. The molecule has 7 nitrogen and oxygen atoms in total. The third-order valence-corrected chi connectivity index (χ3v) is 3.68. The van der Waals surface area contributed by atoms with Gasteiger partial charge in [-0.3, -0.25) is 4.79 Å². The molecule has 1 amide bonds. The summed E-state index contributed by atoms with van der Waals surface area (Å²) >= 11 is 2.18. The molecule has 0 aliphatic heterocycles. The van der Waals surface area contributed by atoms with Crippen molar-refractivity contribution in [3.63, 3.8) is 0 Å². The number of anilines is 1. The Morgan fingerprint density at radius 2 is 2.09 bits per heavy atom. The van der Waals surface area contributed by atoms with Gasteiger partial charge in [-0.25, -0.2) is 9.48 Å². The van der Waals surface area contributed by atoms with Gasteiger partial charge < -0.3 is 16.2 Å². The molecule has 0 spiro atoms. The molecule has 116 valence electrons. The molecule has 0 saturated heterocycles. The normalized spacial score (nSPS) is 10.5. The zero-order chi connectivity index (χ0) is 16.4. The summed E-state index contributed by atoms with van der Waals surface area (Å²) in [4.78, 5) is 23.6. The van der Waals surface area contributed by atoms with Gasteiger partial charge in [0.05, 0.1) is 18.0 Å². The number of hydrogen-bond acceptors (Lipinski definition) is 5. The third-order valence-electron chi connectivity index (χ3n) is 3.01. The van der Waals surface area contributed by atoms with Gasteiger partial charge in [0, 0.05) is 3.57 Å². The lowest BCUT2D eigenvalue weighted by atomic mass is 10.2. The van der Waals surface area contributed by atoms with Crippen LogP contribution in [0.4, 0.5) is 5.69 Å². The number of aromatic nitrogens is 2. The number of nitrogens with two attached hydrogens (primary N) is 2. The van der Waals surface area contributed by atoms with E-state index in [9.17, 15) is 9.59 Å². The molecular weight excluding hydrogens is 399 g/mol. The quantitative estimate of drug-likeness (QED) is 0.584. The van der Waals surface area contributed by atoms with E-state index in [4.69, 9.17) is 16.2 Å². The van der Waals surface area contributed by atoms with Crippen LogP contribution >= 0.6 is 22.6 Å². The number of aryl methyl sites for hydroxylation is 1. The average Bonchev–Trinajstić information content (AvgIpc) is 2.76. The van der Waals surface area contributed by atoms with E-state index in [1.165, 1.54) is 4.68 Å². The lowest BCUT2D eigenvalue weighted by Crippen LogP contribution is -2.14. The van der Waals surface area contributed by atoms with Crippen LogP contribution in [-0.4, -0.2) is 28.3 Å². The van der Waals surface area contributed by atoms with Gasteiger partial charge in [0.2, 0.25) is 0 Å². The Hall–Kier alpha value is -2.10. The van der Waals surface area contributed by atoms with Crippen molar-refractivity contribution in [3.8, 4) is 5.69 Å². The fourth-order valence-corrected chi connectivity index (χ4v) is 2.69. The van der Waals surface area contributed by atoms with E-state index in [0.717, 1.165) is 9.13 Å². The summed E-state index contributed by atoms with van der Waals surface area (Å²) in [5, 5.41) is 4.09. The zero-order valence-electron chi connectivity index (χ0n) is 12.1. The number of hydrogen-bond donors (Lipinski definition) is 2. The van der Waals surface area contributed by atoms with Gasteiger partial charge >= 0.3 is 5.97 Å². The van der Waals surface area contributed by atoms with E-state index >= 15 is 0 Å². The number of rotatable bonds is 4. The number of carbonyl (C=O) groups is 2. The smallest absolute Gasteiger partial charge is 0.359 e. The number of carbonyl (C=O) groups excluding carboxylic acids is 2. The van der Waals surface area contributed by atoms with Crippen LogP contribution in [0.15, 0.2) is 18.2 Å². The molecule has 0 unspecified atom stereocenters. The van der Waals surface area contributed by atoms with E-state index < -0.39 is 11.9 Å². The van der Waals surface area contributed by atoms with Crippen molar-refractivity contribution >= 4 is 40.2 Å². The van der Waals surface area contributed by atoms with Gasteiger partial charge in [0.15, 0.2) is 11.4 Å². The van der Waals surface area contributed by atoms with Crippen LogP contribution in [0.25, 0.3) is 5.69 Å². The second-order valence-corrected chi connectivity index (χ2v) is 5.78. The Morgan fingerprint density at radius 1 is 1.41 bits per heavy atom. The molecule has 0 bridgehead atoms. The maximum Gasteiger partial charge on any atom is 0.359 e. The first kappa shape index (κ1) is 16.3. The first-order valence-electron chi connectivity index (χ1n) is 6.48. The molecule has 0 fully saturated rings. The number of nitrogens with zero attached hydrogens (tertiary/aromatic N) is 2. The van der Waals surface area contributed by atoms with Gasteiger partial charge in [-0.1, -0.05) is 0 Å². The molecule has 0 atom stereocenters. The van der Waals surface area contributed by atoms with Crippen LogP contribution in [0.1, 0.15) is 33.5 Å². The second-order valence-electron chi connectivity index (χ2n) is 4.54. The van der Waals surface area contributed by atoms with Crippen molar-refractivity contribution in [2.24, 2.45) is 5.73 Å². The Bertz CT molecular complexity index is 755. The van der Waals surface area contributed by atoms with Gasteiger partial charge in [-0.05, 0) is 60.2 Å². The first-order chi connectivity index (χ1) is 10.4. The highest BCUT2D eigenvalue weighted by molar-refractivity contribution is 14.1. The molecule has 0 saturated carbocycles. The van der Waals surface area contributed by atoms with Crippen LogP contribution in [0.3, 0.4) is 0 Å². The molecule has 0 aliphatic rings. The summed E-state index contributed by atoms with van der Waals surface area (Å²) < 4.78 is 7.33. The van der Waals surface area contributed by atoms with E-state index in [0.29, 0.717) is 5.69 Å². The third kappa shape index (κ3) is 2.91. The van der Waals surface area contributed by atoms with E-state index in [-0.39, 0.29) is 23.7 Å². The van der Waals surface area contributed by atoms with Crippen LogP contribution in [-0.2, 0) is 4.74 Å². The van der Waals surface area contributed by atoms with Crippen molar-refractivity contribution in [2.75, 3.05) is 12.3 Å². The number of benzene rings is 1. The molecule has 2 aromatic rings. The Kier molecular flexibility index (Phi) is 4.69. The number of nitrogen functional groups attached to an aromatic ring is 1. The van der Waals surface area contributed by atoms with E-state index in [1.54, 1.807) is 13.0 Å². The number of ether oxygens (including phenoxy) is 1. The van der Waals surface area contributed by atoms with Gasteiger partial charge in [-0.15, -0.1) is 0 Å². The maximum absolute atomic E-state index is 12.2. The number of halogens is 1. The summed E-state index contributed by atoms with van der Waals surface area (Å²) in [7, 11) is 0. The Morgan fingerprint density at radius 3 is 2.64 bits per heavy atom. The van der Waals surface area contributed by atoms with Crippen molar-refractivity contribution in [2.45, 2.75) is 13.8 Å². The van der Waals surface area contributed by atoms with Gasteiger partial charge in [-0.2, -0.15) is 5.10 Å². The minimum atomic E-state index is -0.801. The average molecular weight is 414 g/mol. The lowest BCUT2D eigenvalue weighted by molar-refractivity contribution is 0.0517. The summed E-state index contributed by atoms with van der Waals surface area (Å²) in [5.41, 5.74) is 12.4. The summed E-state index contributed by atoms with van der Waals surface area (Å²) in [5.74, 6) is -1.46. The minimum absolute atomic E-state index is 0.0000387. The molecule has 1 aromatic heterocycles. The maximum atomic E-state index is 12.2. The summed E-state index contributed by atoms with van der Waals surface area (Å²) in [6, 6.07) is 5.57. The van der Waals surface area contributed by atoms with E-state index in [1.807, 2.05) is 19.1 Å². The molecule has 1 aromatic carbocycles. The fraction of sp³-hybridized carbons (Fsp3) is 0.214. The van der Waals surface area contributed by atoms with Crippen molar-refractivity contribution < 1.29 is 14.3 Å². The fourth-order valence-electron chi connectivity index (χ4n) is 2.04. The highest BCUT2D eigenvalue weighted by Crippen LogP contribution is 2.25. The minimum Gasteiger partial charge on any atom is -0.461 e. The number of esters is 1. The van der Waals surface area contributed by atoms with Crippen LogP contribution in [0.5, 0.6) is 0 Å². The number of amides is 1. The molecule has 4 N–H and O–H groups in total. The highest BCUT2D eigenvalue weighted by Gasteiger charge is 2.26. The predicted octanol–water partition coefficient (Wildman–Crippen LogP) is 1.64. The highest BCUT2D eigenvalue weighted by atomic mass is 127. The molecule has 2 rings (SSSR count). The molecule has 0 radical (unpaired) electrons. The topological polar surface area (TPSA) is 113 Å². The zero-order valence-corrected chi connectivity index (χ0v) is 14.2. The molecule has 8 heteroatoms. The Balaban J connectivity index is 2.71. The van der Waals surface area contributed by atoms with Crippen molar-refractivity contribution in [1.82, 2.24) is 9.78 Å². The van der Waals surface area contributed by atoms with Gasteiger partial charge in [0.1, 0.15) is 0 Å². The van der Waals surface area contributed by atoms with Crippen LogP contribution < -0.4 is 11.5 Å². The Labute approximate surface area is 140 Å². The molecular formula is C14H15IN4O3. The standard InChI is InChI=1S/C14H15IN4O3/c1-3-22-14(21)12-10(16)11(13(17)20)18-19(12)9-5-4-8(15)6-7(9)2/h4-6H,3,16H2,1-2H3,(H2,17,20). The summed E-state index contributed by atoms with van der Waals surface area (Å²) in [6.45, 7) is 3.73. The first-order valence-corrected chi connectivity index (χ1v) is 7.56. The van der Waals surface area contributed by atoms with Gasteiger partial charge in [0.25, 0.3) is 5.91 Å². The second kappa shape index (κ2) is 6.34. The van der Waals surface area contributed by atoms with Crippen molar-refractivity contribution in [1.29, 1.82) is 0 Å². The number of primary amides is 1. The van der Waals surface area contributed by atoms with Crippen LogP contribution in [0.2, 0.25) is 0 Å². The lowest BCUT2D eigenvalue weighted by Gasteiger charge is -2.10. The van der Waals surface area contributed by atoms with Crippen LogP contribution in [0, 0.1) is 10.5 Å². The van der Waals surface area contributed by atoms with E-state index in [2.05, 4.69) is 27.7 Å². The summed E-state index contributed by atoms with van der Waals surface area (Å²) in [6.07, 6.45) is 0. The molecule has 1 heterocycles. The predicted molar refractivity (Wildman–Crippen MR) is 89.9 cm³/mol. The monoisotopic (exact) mass is 414 g/mol. The molecule has 22 heavy (non-hydrogen) atoms. The molecule has 0 aliphatic carbocycles. The van der Waals surface area contributed by atoms with Crippen molar-refractivity contribution in [3.05, 3.63) is 38.7 Å². The SMILES string of the molecule is CCOC(=O)c1c(N)c(C(N)=O)nn1-c1ccc(I)cc1C.